The largest absolute Gasteiger partial charge is 0.497 e. The van der Waals surface area contributed by atoms with Gasteiger partial charge in [-0.3, -0.25) is 13.9 Å². The van der Waals surface area contributed by atoms with Crippen LogP contribution < -0.4 is 31.2 Å². The van der Waals surface area contributed by atoms with Gasteiger partial charge in [0.2, 0.25) is 11.8 Å². The predicted octanol–water partition coefficient (Wildman–Crippen LogP) is 0.319. The van der Waals surface area contributed by atoms with Gasteiger partial charge in [0.15, 0.2) is 0 Å². The van der Waals surface area contributed by atoms with E-state index in [0.29, 0.717) is 17.1 Å². The number of aromatic nitrogens is 2. The van der Waals surface area contributed by atoms with Crippen molar-refractivity contribution in [1.29, 1.82) is 5.26 Å². The molecule has 9 nitrogen and oxygen atoms in total. The molecule has 0 amide bonds. The van der Waals surface area contributed by atoms with E-state index in [-0.39, 0.29) is 22.9 Å². The molecule has 2 heterocycles. The Hall–Kier alpha value is -3.67. The molecule has 0 aliphatic carbocycles. The molecule has 1 aromatic carbocycles. The van der Waals surface area contributed by atoms with Crippen LogP contribution in [-0.4, -0.2) is 23.4 Å². The maximum atomic E-state index is 12.9. The van der Waals surface area contributed by atoms with Crippen LogP contribution in [0, 0.1) is 11.3 Å². The van der Waals surface area contributed by atoms with Gasteiger partial charge in [0.05, 0.1) is 25.7 Å². The van der Waals surface area contributed by atoms with Gasteiger partial charge in [-0.25, -0.2) is 4.79 Å². The first-order valence-electron chi connectivity index (χ1n) is 7.95. The molecule has 0 saturated heterocycles. The predicted molar refractivity (Wildman–Crippen MR) is 95.8 cm³/mol. The van der Waals surface area contributed by atoms with E-state index in [9.17, 15) is 14.9 Å². The van der Waals surface area contributed by atoms with Crippen molar-refractivity contribution >= 4 is 0 Å². The fourth-order valence-corrected chi connectivity index (χ4v) is 3.16. The Kier molecular flexibility index (Phi) is 4.41. The number of nitrogens with two attached hydrogens (primary N) is 1. The highest BCUT2D eigenvalue weighted by molar-refractivity contribution is 5.57. The molecule has 27 heavy (non-hydrogen) atoms. The number of rotatable bonds is 3. The molecule has 9 heteroatoms. The second-order valence-electron chi connectivity index (χ2n) is 5.96. The monoisotopic (exact) mass is 370 g/mol. The van der Waals surface area contributed by atoms with Gasteiger partial charge < -0.3 is 19.9 Å². The van der Waals surface area contributed by atoms with E-state index in [1.165, 1.54) is 32.9 Å². The summed E-state index contributed by atoms with van der Waals surface area (Å²) in [6.07, 6.45) is 0. The number of hydrogen-bond donors (Lipinski definition) is 1. The average Bonchev–Trinajstić information content (AvgIpc) is 2.69. The highest BCUT2D eigenvalue weighted by Crippen LogP contribution is 2.43. The molecule has 0 bridgehead atoms. The van der Waals surface area contributed by atoms with Crippen LogP contribution in [0.15, 0.2) is 39.2 Å². The van der Waals surface area contributed by atoms with Crippen molar-refractivity contribution in [3.63, 3.8) is 0 Å². The van der Waals surface area contributed by atoms with Crippen LogP contribution in [0.3, 0.4) is 0 Å². The van der Waals surface area contributed by atoms with Gasteiger partial charge in [0, 0.05) is 25.7 Å². The highest BCUT2D eigenvalue weighted by atomic mass is 16.5. The van der Waals surface area contributed by atoms with Crippen molar-refractivity contribution in [1.82, 2.24) is 9.13 Å². The minimum Gasteiger partial charge on any atom is -0.497 e. The normalized spacial score (nSPS) is 15.6. The number of nitriles is 1. The summed E-state index contributed by atoms with van der Waals surface area (Å²) in [4.78, 5) is 25.1. The number of ether oxygens (including phenoxy) is 3. The van der Waals surface area contributed by atoms with E-state index >= 15 is 0 Å². The van der Waals surface area contributed by atoms with Crippen LogP contribution in [0.25, 0.3) is 0 Å². The molecule has 0 unspecified atom stereocenters. The first-order valence-corrected chi connectivity index (χ1v) is 7.95. The summed E-state index contributed by atoms with van der Waals surface area (Å²) in [7, 11) is 5.81. The number of methoxy groups -OCH3 is 2. The van der Waals surface area contributed by atoms with Gasteiger partial charge in [0.25, 0.3) is 5.56 Å². The summed E-state index contributed by atoms with van der Waals surface area (Å²) in [5.41, 5.74) is 5.51. The third-order valence-electron chi connectivity index (χ3n) is 4.57. The number of benzene rings is 1. The highest BCUT2D eigenvalue weighted by Gasteiger charge is 2.37. The molecular weight excluding hydrogens is 352 g/mol. The summed E-state index contributed by atoms with van der Waals surface area (Å²) in [5, 5.41) is 9.66. The first-order chi connectivity index (χ1) is 12.8. The molecule has 0 fully saturated rings. The van der Waals surface area contributed by atoms with Gasteiger partial charge in [-0.15, -0.1) is 0 Å². The third-order valence-corrected chi connectivity index (χ3v) is 4.57. The fraction of sp³-hybridized carbons (Fsp3) is 0.278. The Morgan fingerprint density at radius 2 is 1.89 bits per heavy atom. The maximum Gasteiger partial charge on any atom is 0.333 e. The maximum absolute atomic E-state index is 12.9. The van der Waals surface area contributed by atoms with E-state index in [4.69, 9.17) is 19.9 Å². The second-order valence-corrected chi connectivity index (χ2v) is 5.96. The number of nitrogens with zero attached hydrogens (tertiary/aromatic N) is 3. The summed E-state index contributed by atoms with van der Waals surface area (Å²) in [6, 6.07) is 7.02. The zero-order valence-electron chi connectivity index (χ0n) is 15.3. The zero-order valence-corrected chi connectivity index (χ0v) is 15.3. The van der Waals surface area contributed by atoms with Crippen molar-refractivity contribution in [2.75, 3.05) is 14.2 Å². The Morgan fingerprint density at radius 3 is 2.48 bits per heavy atom. The molecule has 3 rings (SSSR count). The second kappa shape index (κ2) is 6.57. The van der Waals surface area contributed by atoms with E-state index in [2.05, 4.69) is 0 Å². The third kappa shape index (κ3) is 2.62. The van der Waals surface area contributed by atoms with E-state index in [1.54, 1.807) is 18.2 Å². The molecule has 0 saturated carbocycles. The molecule has 1 aliphatic rings. The standard InChI is InChI=1S/C18H18N4O5/c1-21-16(23)14-13(10-6-5-9(25-3)7-12(10)26-4)11(8-19)15(20)27-17(14)22(2)18(21)24/h5-7,13H,20H2,1-4H3/t13-/m0/s1. The summed E-state index contributed by atoms with van der Waals surface area (Å²) in [5.74, 6) is -0.0703. The average molecular weight is 370 g/mol. The Labute approximate surface area is 154 Å². The van der Waals surface area contributed by atoms with Gasteiger partial charge >= 0.3 is 5.69 Å². The molecule has 1 aliphatic heterocycles. The SMILES string of the molecule is COc1ccc([C@H]2C(C#N)=C(N)Oc3c2c(=O)n(C)c(=O)n3C)c(OC)c1. The Bertz CT molecular complexity index is 1120. The van der Waals surface area contributed by atoms with Gasteiger partial charge in [-0.2, -0.15) is 5.26 Å². The van der Waals surface area contributed by atoms with E-state index in [0.717, 1.165) is 4.57 Å². The molecule has 1 atom stereocenters. The molecule has 140 valence electrons. The smallest absolute Gasteiger partial charge is 0.333 e. The molecular formula is C18H18N4O5. The van der Waals surface area contributed by atoms with Crippen LogP contribution in [0.4, 0.5) is 0 Å². The van der Waals surface area contributed by atoms with E-state index in [1.807, 2.05) is 6.07 Å². The summed E-state index contributed by atoms with van der Waals surface area (Å²) >= 11 is 0. The van der Waals surface area contributed by atoms with Crippen LogP contribution in [-0.2, 0) is 14.1 Å². The van der Waals surface area contributed by atoms with Gasteiger partial charge in [-0.05, 0) is 6.07 Å². The lowest BCUT2D eigenvalue weighted by atomic mass is 9.84. The summed E-state index contributed by atoms with van der Waals surface area (Å²) in [6.45, 7) is 0. The van der Waals surface area contributed by atoms with Crippen LogP contribution in [0.5, 0.6) is 17.4 Å². The van der Waals surface area contributed by atoms with Crippen molar-refractivity contribution in [2.45, 2.75) is 5.92 Å². The Morgan fingerprint density at radius 1 is 1.19 bits per heavy atom. The molecule has 0 spiro atoms. The van der Waals surface area contributed by atoms with Crippen LogP contribution in [0.1, 0.15) is 17.0 Å². The lowest BCUT2D eigenvalue weighted by Gasteiger charge is -2.28. The topological polar surface area (TPSA) is 122 Å². The van der Waals surface area contributed by atoms with Crippen molar-refractivity contribution < 1.29 is 14.2 Å². The number of hydrogen-bond acceptors (Lipinski definition) is 7. The van der Waals surface area contributed by atoms with E-state index < -0.39 is 17.2 Å². The fourth-order valence-electron chi connectivity index (χ4n) is 3.16. The molecule has 2 N–H and O–H groups in total. The molecule has 2 aromatic rings. The lowest BCUT2D eigenvalue weighted by molar-refractivity contribution is 0.346. The zero-order chi connectivity index (χ0) is 19.9. The minimum atomic E-state index is -0.856. The van der Waals surface area contributed by atoms with Crippen LogP contribution in [0.2, 0.25) is 0 Å². The molecule has 0 radical (unpaired) electrons. The van der Waals surface area contributed by atoms with Gasteiger partial charge in [-0.1, -0.05) is 6.07 Å². The number of fused-ring (bicyclic) bond motifs is 1. The lowest BCUT2D eigenvalue weighted by Crippen LogP contribution is -2.42. The minimum absolute atomic E-state index is 0.00229. The molecule has 1 aromatic heterocycles. The Balaban J connectivity index is 2.42. The van der Waals surface area contributed by atoms with Crippen LogP contribution >= 0.6 is 0 Å². The van der Waals surface area contributed by atoms with Crippen molar-refractivity contribution in [2.24, 2.45) is 19.8 Å². The first kappa shape index (κ1) is 18.1. The van der Waals surface area contributed by atoms with Gasteiger partial charge in [0.1, 0.15) is 23.1 Å². The van der Waals surface area contributed by atoms with Crippen molar-refractivity contribution in [3.05, 3.63) is 61.6 Å². The quantitative estimate of drug-likeness (QED) is 0.825. The summed E-state index contributed by atoms with van der Waals surface area (Å²) < 4.78 is 18.3. The van der Waals surface area contributed by atoms with Crippen molar-refractivity contribution in [3.8, 4) is 23.4 Å². The number of allylic oxidation sites excluding steroid dienone is 1.